The minimum atomic E-state index is -1.98. The minimum absolute atomic E-state index is 0.0771. The van der Waals surface area contributed by atoms with Gasteiger partial charge in [0.1, 0.15) is 5.75 Å². The normalized spacial score (nSPS) is 18.6. The summed E-state index contributed by atoms with van der Waals surface area (Å²) in [4.78, 5) is 42.1. The second-order valence-electron chi connectivity index (χ2n) is 8.15. The van der Waals surface area contributed by atoms with Crippen molar-refractivity contribution in [3.63, 3.8) is 0 Å². The monoisotopic (exact) mass is 503 g/mol. The van der Waals surface area contributed by atoms with Gasteiger partial charge in [-0.2, -0.15) is 0 Å². The Kier molecular flexibility index (Phi) is 5.89. The fourth-order valence-corrected chi connectivity index (χ4v) is 4.66. The van der Waals surface area contributed by atoms with Gasteiger partial charge in [0, 0.05) is 10.7 Å². The molecule has 1 unspecified atom stereocenters. The molecule has 182 valence electrons. The molecule has 36 heavy (non-hydrogen) atoms. The zero-order valence-electron chi connectivity index (χ0n) is 19.5. The topological polar surface area (TPSA) is 97.0 Å². The zero-order valence-corrected chi connectivity index (χ0v) is 20.3. The number of Topliss-reactive ketones (excluding diaryl/α,β-unsaturated/α-hetero) is 1. The summed E-state index contributed by atoms with van der Waals surface area (Å²) >= 11 is 6.10. The van der Waals surface area contributed by atoms with Crippen molar-refractivity contribution in [2.75, 3.05) is 29.3 Å². The summed E-state index contributed by atoms with van der Waals surface area (Å²) in [5, 5.41) is 6.94. The van der Waals surface area contributed by atoms with Crippen molar-refractivity contribution in [1.29, 1.82) is 0 Å². The van der Waals surface area contributed by atoms with Gasteiger partial charge >= 0.3 is 11.9 Å². The average molecular weight is 504 g/mol. The Morgan fingerprint density at radius 3 is 2.28 bits per heavy atom. The number of halogens is 1. The molecule has 1 atom stereocenters. The number of rotatable bonds is 5. The summed E-state index contributed by atoms with van der Waals surface area (Å²) in [7, 11) is 1.21. The summed E-state index contributed by atoms with van der Waals surface area (Å²) in [5.74, 6) is -1.95. The number of anilines is 3. The van der Waals surface area contributed by atoms with Gasteiger partial charge in [-0.25, -0.2) is 4.79 Å². The first-order valence-electron chi connectivity index (χ1n) is 11.3. The highest BCUT2D eigenvalue weighted by Gasteiger charge is 2.64. The average Bonchev–Trinajstić information content (AvgIpc) is 3.01. The first-order valence-corrected chi connectivity index (χ1v) is 11.6. The predicted molar refractivity (Wildman–Crippen MR) is 137 cm³/mol. The van der Waals surface area contributed by atoms with Crippen molar-refractivity contribution in [2.45, 2.75) is 12.6 Å². The number of nitrogens with one attached hydrogen (secondary N) is 2. The Labute approximate surface area is 212 Å². The van der Waals surface area contributed by atoms with Crippen LogP contribution in [0, 0.1) is 0 Å². The van der Waals surface area contributed by atoms with E-state index >= 15 is 0 Å². The number of benzene rings is 3. The quantitative estimate of drug-likeness (QED) is 0.391. The van der Waals surface area contributed by atoms with Crippen LogP contribution in [-0.4, -0.2) is 37.0 Å². The third-order valence-electron chi connectivity index (χ3n) is 6.09. The molecule has 3 aromatic rings. The number of hydrogen-bond acceptors (Lipinski definition) is 7. The molecule has 9 heteroatoms. The van der Waals surface area contributed by atoms with Crippen molar-refractivity contribution in [1.82, 2.24) is 0 Å². The molecule has 0 aromatic heterocycles. The maximum Gasteiger partial charge on any atom is 0.358 e. The van der Waals surface area contributed by atoms with Gasteiger partial charge in [0.05, 0.1) is 36.4 Å². The van der Waals surface area contributed by atoms with Crippen molar-refractivity contribution in [3.05, 3.63) is 89.0 Å². The van der Waals surface area contributed by atoms with Crippen LogP contribution in [-0.2, 0) is 19.1 Å². The number of carbonyl (C=O) groups excluding carboxylic acids is 3. The Bertz CT molecular complexity index is 1400. The second-order valence-corrected chi connectivity index (χ2v) is 8.59. The third kappa shape index (κ3) is 3.58. The number of ether oxygens (including phenoxy) is 2. The number of carbonyl (C=O) groups is 3. The van der Waals surface area contributed by atoms with Crippen LogP contribution < -0.4 is 20.3 Å². The highest BCUT2D eigenvalue weighted by atomic mass is 35.5. The van der Waals surface area contributed by atoms with E-state index in [2.05, 4.69) is 10.6 Å². The molecule has 0 aliphatic carbocycles. The van der Waals surface area contributed by atoms with Gasteiger partial charge in [-0.1, -0.05) is 35.9 Å². The fraction of sp³-hybridized carbons (Fsp3) is 0.148. The Morgan fingerprint density at radius 2 is 1.64 bits per heavy atom. The lowest BCUT2D eigenvalue weighted by molar-refractivity contribution is -0.145. The number of ketones is 1. The number of nitrogens with zero attached hydrogens (tertiary/aromatic N) is 1. The summed E-state index contributed by atoms with van der Waals surface area (Å²) in [5.41, 5.74) is 0.232. The highest BCUT2D eigenvalue weighted by Crippen LogP contribution is 2.46. The molecule has 1 fully saturated rings. The molecule has 1 amide bonds. The van der Waals surface area contributed by atoms with Crippen LogP contribution in [0.15, 0.2) is 78.4 Å². The smallest absolute Gasteiger partial charge is 0.358 e. The SMILES string of the molecule is CCOc1ccc(N2C(=O)C(=O)C3=C(c4ccc(Cl)cc4)Nc4ccccc4NC32C(=O)OC)cc1. The van der Waals surface area contributed by atoms with E-state index in [0.717, 1.165) is 4.90 Å². The van der Waals surface area contributed by atoms with Gasteiger partial charge in [0.15, 0.2) is 0 Å². The first kappa shape index (κ1) is 23.4. The molecule has 2 heterocycles. The summed E-state index contributed by atoms with van der Waals surface area (Å²) in [6.45, 7) is 2.33. The van der Waals surface area contributed by atoms with E-state index in [1.165, 1.54) is 7.11 Å². The van der Waals surface area contributed by atoms with E-state index in [1.807, 2.05) is 13.0 Å². The number of para-hydroxylation sites is 2. The van der Waals surface area contributed by atoms with Crippen molar-refractivity contribution in [2.24, 2.45) is 0 Å². The Hall–Kier alpha value is -4.30. The standard InChI is InChI=1S/C27H22ClN3O5/c1-3-36-19-14-12-18(13-15-19)31-25(33)24(32)22-23(16-8-10-17(28)11-9-16)29-20-6-4-5-7-21(20)30-27(22,31)26(34)35-2/h4-15,29-30H,3H2,1-2H3. The number of esters is 1. The van der Waals surface area contributed by atoms with Gasteiger partial charge in [-0.05, 0) is 61.0 Å². The molecular weight excluding hydrogens is 482 g/mol. The third-order valence-corrected chi connectivity index (χ3v) is 6.35. The fourth-order valence-electron chi connectivity index (χ4n) is 4.54. The number of fused-ring (bicyclic) bond motifs is 2. The maximum absolute atomic E-state index is 13.7. The summed E-state index contributed by atoms with van der Waals surface area (Å²) in [6, 6.07) is 20.5. The van der Waals surface area contributed by atoms with Gasteiger partial charge < -0.3 is 20.1 Å². The number of methoxy groups -OCH3 is 1. The molecule has 3 aromatic carbocycles. The van der Waals surface area contributed by atoms with Crippen molar-refractivity contribution in [3.8, 4) is 5.75 Å². The highest BCUT2D eigenvalue weighted by molar-refractivity contribution is 6.55. The van der Waals surface area contributed by atoms with Gasteiger partial charge in [0.25, 0.3) is 11.4 Å². The Balaban J connectivity index is 1.82. The lowest BCUT2D eigenvalue weighted by atomic mass is 9.93. The van der Waals surface area contributed by atoms with E-state index in [4.69, 9.17) is 21.1 Å². The number of hydrogen-bond donors (Lipinski definition) is 2. The molecule has 1 saturated heterocycles. The zero-order chi connectivity index (χ0) is 25.4. The molecule has 2 aliphatic heterocycles. The van der Waals surface area contributed by atoms with E-state index in [9.17, 15) is 14.4 Å². The van der Waals surface area contributed by atoms with Crippen LogP contribution in [0.5, 0.6) is 5.75 Å². The van der Waals surface area contributed by atoms with Crippen LogP contribution in [0.25, 0.3) is 5.70 Å². The van der Waals surface area contributed by atoms with Crippen molar-refractivity contribution >= 4 is 52.0 Å². The van der Waals surface area contributed by atoms with E-state index < -0.39 is 23.3 Å². The maximum atomic E-state index is 13.7. The van der Waals surface area contributed by atoms with Crippen LogP contribution in [0.3, 0.4) is 0 Å². The lowest BCUT2D eigenvalue weighted by Gasteiger charge is -2.36. The second kappa shape index (κ2) is 9.05. The van der Waals surface area contributed by atoms with E-state index in [1.54, 1.807) is 66.7 Å². The summed E-state index contributed by atoms with van der Waals surface area (Å²) < 4.78 is 10.7. The Morgan fingerprint density at radius 1 is 0.972 bits per heavy atom. The van der Waals surface area contributed by atoms with Crippen molar-refractivity contribution < 1.29 is 23.9 Å². The molecule has 2 N–H and O–H groups in total. The van der Waals surface area contributed by atoms with Crippen LogP contribution >= 0.6 is 11.6 Å². The van der Waals surface area contributed by atoms with Gasteiger partial charge in [-0.15, -0.1) is 0 Å². The number of amides is 1. The largest absolute Gasteiger partial charge is 0.494 e. The minimum Gasteiger partial charge on any atom is -0.494 e. The lowest BCUT2D eigenvalue weighted by Crippen LogP contribution is -2.59. The molecule has 0 bridgehead atoms. The molecule has 0 radical (unpaired) electrons. The first-order chi connectivity index (χ1) is 17.4. The molecule has 0 saturated carbocycles. The van der Waals surface area contributed by atoms with E-state index in [0.29, 0.717) is 45.7 Å². The molecule has 2 aliphatic rings. The van der Waals surface area contributed by atoms with Crippen LogP contribution in [0.2, 0.25) is 5.02 Å². The van der Waals surface area contributed by atoms with Crippen LogP contribution in [0.4, 0.5) is 17.1 Å². The van der Waals surface area contributed by atoms with Crippen LogP contribution in [0.1, 0.15) is 12.5 Å². The molecule has 0 spiro atoms. The van der Waals surface area contributed by atoms with Gasteiger partial charge in [0.2, 0.25) is 0 Å². The molecule has 8 nitrogen and oxygen atoms in total. The predicted octanol–water partition coefficient (Wildman–Crippen LogP) is 4.47. The summed E-state index contributed by atoms with van der Waals surface area (Å²) in [6.07, 6.45) is 0. The molecule has 5 rings (SSSR count). The van der Waals surface area contributed by atoms with E-state index in [-0.39, 0.29) is 5.57 Å². The van der Waals surface area contributed by atoms with Gasteiger partial charge in [-0.3, -0.25) is 14.5 Å². The molecular formula is C27H22ClN3O5.